The number of carbonyl (C=O) groups excluding carboxylic acids is 1. The summed E-state index contributed by atoms with van der Waals surface area (Å²) in [5.41, 5.74) is 3.08. The Morgan fingerprint density at radius 2 is 1.78 bits per heavy atom. The lowest BCUT2D eigenvalue weighted by Crippen LogP contribution is -2.27. The molecule has 0 aliphatic carbocycles. The molecule has 0 spiro atoms. The highest BCUT2D eigenvalue weighted by Gasteiger charge is 2.15. The largest absolute Gasteiger partial charge is 0.343 e. The van der Waals surface area contributed by atoms with Gasteiger partial charge in [-0.2, -0.15) is 0 Å². The fourth-order valence-electron chi connectivity index (χ4n) is 2.28. The van der Waals surface area contributed by atoms with Gasteiger partial charge in [-0.25, -0.2) is 9.67 Å². The minimum Gasteiger partial charge on any atom is -0.343 e. The van der Waals surface area contributed by atoms with Gasteiger partial charge < -0.3 is 5.32 Å². The number of hydrogen-bond acceptors (Lipinski definition) is 3. The zero-order valence-electron chi connectivity index (χ0n) is 13.1. The molecule has 0 aliphatic rings. The number of amides is 1. The second-order valence-electron chi connectivity index (χ2n) is 5.45. The van der Waals surface area contributed by atoms with Gasteiger partial charge in [0.25, 0.3) is 5.91 Å². The molecule has 0 saturated carbocycles. The minimum absolute atomic E-state index is 0.102. The van der Waals surface area contributed by atoms with E-state index in [0.29, 0.717) is 0 Å². The van der Waals surface area contributed by atoms with Crippen molar-refractivity contribution in [1.29, 1.82) is 0 Å². The number of aromatic nitrogens is 3. The molecular weight excluding hydrogens is 288 g/mol. The van der Waals surface area contributed by atoms with Crippen molar-refractivity contribution in [2.45, 2.75) is 19.9 Å². The number of hydrogen-bond donors (Lipinski definition) is 1. The molecule has 3 aromatic rings. The highest BCUT2D eigenvalue weighted by Crippen LogP contribution is 2.12. The molecule has 3 rings (SSSR count). The number of carbonyl (C=O) groups is 1. The third kappa shape index (κ3) is 3.45. The van der Waals surface area contributed by atoms with Crippen LogP contribution in [0.3, 0.4) is 0 Å². The molecule has 23 heavy (non-hydrogen) atoms. The Morgan fingerprint density at radius 1 is 1.09 bits per heavy atom. The van der Waals surface area contributed by atoms with Crippen LogP contribution in [0, 0.1) is 6.92 Å². The Balaban J connectivity index is 1.72. The van der Waals surface area contributed by atoms with Crippen LogP contribution in [0.1, 0.15) is 34.7 Å². The van der Waals surface area contributed by atoms with Crippen molar-refractivity contribution in [3.05, 3.63) is 77.9 Å². The van der Waals surface area contributed by atoms with Crippen LogP contribution in [0.4, 0.5) is 0 Å². The Kier molecular flexibility index (Phi) is 4.19. The van der Waals surface area contributed by atoms with Gasteiger partial charge in [0, 0.05) is 0 Å². The maximum Gasteiger partial charge on any atom is 0.291 e. The van der Waals surface area contributed by atoms with Crippen LogP contribution in [0.25, 0.3) is 5.69 Å². The average Bonchev–Trinajstić information content (AvgIpc) is 3.06. The number of rotatable bonds is 4. The van der Waals surface area contributed by atoms with E-state index >= 15 is 0 Å². The molecular formula is C18H18N4O. The van der Waals surface area contributed by atoms with Crippen molar-refractivity contribution in [1.82, 2.24) is 20.1 Å². The summed E-state index contributed by atoms with van der Waals surface area (Å²) in [4.78, 5) is 16.4. The van der Waals surface area contributed by atoms with Crippen LogP contribution in [0.5, 0.6) is 0 Å². The second-order valence-corrected chi connectivity index (χ2v) is 5.45. The van der Waals surface area contributed by atoms with Crippen molar-refractivity contribution in [2.24, 2.45) is 0 Å². The maximum atomic E-state index is 12.3. The number of aryl methyl sites for hydroxylation is 1. The first-order chi connectivity index (χ1) is 11.1. The Hall–Kier alpha value is -2.95. The third-order valence-electron chi connectivity index (χ3n) is 3.64. The van der Waals surface area contributed by atoms with Crippen LogP contribution in [0.15, 0.2) is 60.9 Å². The van der Waals surface area contributed by atoms with Crippen molar-refractivity contribution in [3.63, 3.8) is 0 Å². The SMILES string of the molecule is Cc1ccc(-n2cnc(C(=O)NC(C)c3ccccc3)n2)cc1. The summed E-state index contributed by atoms with van der Waals surface area (Å²) < 4.78 is 1.60. The molecule has 0 aliphatic heterocycles. The molecule has 0 fully saturated rings. The van der Waals surface area contributed by atoms with E-state index in [0.717, 1.165) is 11.3 Å². The van der Waals surface area contributed by atoms with Gasteiger partial charge in [0.1, 0.15) is 6.33 Å². The van der Waals surface area contributed by atoms with E-state index in [1.165, 1.54) is 5.56 Å². The van der Waals surface area contributed by atoms with Crippen molar-refractivity contribution in [2.75, 3.05) is 0 Å². The normalized spacial score (nSPS) is 11.9. The molecule has 0 bridgehead atoms. The van der Waals surface area contributed by atoms with Crippen molar-refractivity contribution in [3.8, 4) is 5.69 Å². The maximum absolute atomic E-state index is 12.3. The van der Waals surface area contributed by atoms with Gasteiger partial charge in [-0.1, -0.05) is 48.0 Å². The Morgan fingerprint density at radius 3 is 2.48 bits per heavy atom. The Labute approximate surface area is 135 Å². The van der Waals surface area contributed by atoms with Crippen molar-refractivity contribution < 1.29 is 4.79 Å². The first-order valence-corrected chi connectivity index (χ1v) is 7.48. The molecule has 1 atom stereocenters. The molecule has 1 unspecified atom stereocenters. The van der Waals surface area contributed by atoms with Gasteiger partial charge in [0.15, 0.2) is 0 Å². The lowest BCUT2D eigenvalue weighted by molar-refractivity contribution is 0.0929. The fraction of sp³-hybridized carbons (Fsp3) is 0.167. The monoisotopic (exact) mass is 306 g/mol. The zero-order valence-corrected chi connectivity index (χ0v) is 13.1. The summed E-state index contributed by atoms with van der Waals surface area (Å²) in [6.45, 7) is 3.96. The third-order valence-corrected chi connectivity index (χ3v) is 3.64. The van der Waals surface area contributed by atoms with E-state index in [1.807, 2.05) is 68.4 Å². The standard InChI is InChI=1S/C18H18N4O/c1-13-8-10-16(11-9-13)22-12-19-17(21-22)18(23)20-14(2)15-6-4-3-5-7-15/h3-12,14H,1-2H3,(H,20,23). The van der Waals surface area contributed by atoms with Crippen LogP contribution in [-0.4, -0.2) is 20.7 Å². The summed E-state index contributed by atoms with van der Waals surface area (Å²) in [6.07, 6.45) is 1.55. The summed E-state index contributed by atoms with van der Waals surface area (Å²) in [5, 5.41) is 7.16. The van der Waals surface area contributed by atoms with Gasteiger partial charge in [0.05, 0.1) is 11.7 Å². The van der Waals surface area contributed by atoms with Gasteiger partial charge in [0.2, 0.25) is 5.82 Å². The van der Waals surface area contributed by atoms with Crippen LogP contribution >= 0.6 is 0 Å². The lowest BCUT2D eigenvalue weighted by Gasteiger charge is -2.12. The molecule has 1 aromatic heterocycles. The van der Waals surface area contributed by atoms with Gasteiger partial charge in [-0.15, -0.1) is 5.10 Å². The zero-order chi connectivity index (χ0) is 16.2. The fourth-order valence-corrected chi connectivity index (χ4v) is 2.28. The first kappa shape index (κ1) is 15.0. The topological polar surface area (TPSA) is 59.8 Å². The number of benzene rings is 2. The smallest absolute Gasteiger partial charge is 0.291 e. The van der Waals surface area contributed by atoms with Gasteiger partial charge in [-0.3, -0.25) is 4.79 Å². The van der Waals surface area contributed by atoms with E-state index in [4.69, 9.17) is 0 Å². The average molecular weight is 306 g/mol. The number of nitrogens with one attached hydrogen (secondary N) is 1. The molecule has 116 valence electrons. The first-order valence-electron chi connectivity index (χ1n) is 7.48. The molecule has 1 amide bonds. The molecule has 1 heterocycles. The van der Waals surface area contributed by atoms with Crippen molar-refractivity contribution >= 4 is 5.91 Å². The van der Waals surface area contributed by atoms with E-state index in [2.05, 4.69) is 15.4 Å². The summed E-state index contributed by atoms with van der Waals surface area (Å²) in [5.74, 6) is -0.124. The Bertz CT molecular complexity index is 793. The molecule has 1 N–H and O–H groups in total. The van der Waals surface area contributed by atoms with Crippen LogP contribution in [0.2, 0.25) is 0 Å². The molecule has 5 heteroatoms. The predicted molar refractivity (Wildman–Crippen MR) is 88.4 cm³/mol. The van der Waals surface area contributed by atoms with Crippen LogP contribution < -0.4 is 5.32 Å². The molecule has 2 aromatic carbocycles. The van der Waals surface area contributed by atoms with Gasteiger partial charge >= 0.3 is 0 Å². The lowest BCUT2D eigenvalue weighted by atomic mass is 10.1. The van der Waals surface area contributed by atoms with Gasteiger partial charge in [-0.05, 0) is 31.5 Å². The summed E-state index contributed by atoms with van der Waals surface area (Å²) in [6, 6.07) is 17.6. The molecule has 0 saturated heterocycles. The quantitative estimate of drug-likeness (QED) is 0.806. The van der Waals surface area contributed by atoms with E-state index < -0.39 is 0 Å². The molecule has 0 radical (unpaired) electrons. The predicted octanol–water partition coefficient (Wildman–Crippen LogP) is 3.07. The summed E-state index contributed by atoms with van der Waals surface area (Å²) >= 11 is 0. The highest BCUT2D eigenvalue weighted by atomic mass is 16.2. The summed E-state index contributed by atoms with van der Waals surface area (Å²) in [7, 11) is 0. The second kappa shape index (κ2) is 6.44. The van der Waals surface area contributed by atoms with E-state index in [-0.39, 0.29) is 17.8 Å². The number of nitrogens with zero attached hydrogens (tertiary/aromatic N) is 3. The van der Waals surface area contributed by atoms with E-state index in [1.54, 1.807) is 11.0 Å². The minimum atomic E-state index is -0.285. The van der Waals surface area contributed by atoms with Crippen LogP contribution in [-0.2, 0) is 0 Å². The highest BCUT2D eigenvalue weighted by molar-refractivity contribution is 5.90. The van der Waals surface area contributed by atoms with E-state index in [9.17, 15) is 4.79 Å². The molecule has 5 nitrogen and oxygen atoms in total.